The van der Waals surface area contributed by atoms with E-state index in [9.17, 15) is 14.9 Å². The van der Waals surface area contributed by atoms with Gasteiger partial charge in [-0.05, 0) is 18.2 Å². The lowest BCUT2D eigenvalue weighted by atomic mass is 10.3. The predicted molar refractivity (Wildman–Crippen MR) is 69.4 cm³/mol. The summed E-state index contributed by atoms with van der Waals surface area (Å²) in [4.78, 5) is 24.3. The molecule has 0 saturated carbocycles. The molecule has 0 aliphatic rings. The van der Waals surface area contributed by atoms with Crippen LogP contribution in [0, 0.1) is 10.1 Å². The topological polar surface area (TPSA) is 103 Å². The Hall–Kier alpha value is -2.67. The van der Waals surface area contributed by atoms with E-state index in [1.807, 2.05) is 0 Å². The Morgan fingerprint density at radius 3 is 2.50 bits per heavy atom. The van der Waals surface area contributed by atoms with Crippen molar-refractivity contribution >= 4 is 23.3 Å². The van der Waals surface area contributed by atoms with E-state index < -0.39 is 10.9 Å². The average molecular weight is 295 g/mol. The van der Waals surface area contributed by atoms with Gasteiger partial charge in [-0.25, -0.2) is 9.78 Å². The van der Waals surface area contributed by atoms with E-state index in [4.69, 9.17) is 21.4 Å². The Morgan fingerprint density at radius 1 is 1.30 bits per heavy atom. The maximum Gasteiger partial charge on any atom is 0.354 e. The lowest BCUT2D eigenvalue weighted by molar-refractivity contribution is -0.384. The zero-order chi connectivity index (χ0) is 14.7. The number of aromatic carboxylic acids is 1. The van der Waals surface area contributed by atoms with Crippen LogP contribution in [-0.4, -0.2) is 21.0 Å². The van der Waals surface area contributed by atoms with Gasteiger partial charge < -0.3 is 9.84 Å². The predicted octanol–water partition coefficient (Wildman–Crippen LogP) is 3.13. The summed E-state index contributed by atoms with van der Waals surface area (Å²) < 4.78 is 5.37. The highest BCUT2D eigenvalue weighted by molar-refractivity contribution is 6.32. The van der Waals surface area contributed by atoms with Gasteiger partial charge in [0.25, 0.3) is 5.69 Å². The van der Waals surface area contributed by atoms with Gasteiger partial charge in [0.05, 0.1) is 11.1 Å². The normalized spacial score (nSPS) is 10.1. The molecule has 0 radical (unpaired) electrons. The number of benzene rings is 1. The van der Waals surface area contributed by atoms with E-state index in [1.54, 1.807) is 0 Å². The van der Waals surface area contributed by atoms with Gasteiger partial charge in [0.2, 0.25) is 0 Å². The first-order chi connectivity index (χ1) is 9.47. The van der Waals surface area contributed by atoms with Gasteiger partial charge >= 0.3 is 5.97 Å². The molecule has 1 heterocycles. The Labute approximate surface area is 117 Å². The number of carboxylic acid groups (broad SMARTS) is 1. The van der Waals surface area contributed by atoms with Crippen LogP contribution in [0.5, 0.6) is 11.5 Å². The van der Waals surface area contributed by atoms with E-state index in [0.717, 1.165) is 0 Å². The number of pyridine rings is 1. The molecule has 0 amide bonds. The third kappa shape index (κ3) is 3.01. The molecule has 0 unspecified atom stereocenters. The van der Waals surface area contributed by atoms with Gasteiger partial charge in [-0.2, -0.15) is 0 Å². The smallest absolute Gasteiger partial charge is 0.354 e. The number of carboxylic acids is 1. The molecule has 1 aromatic carbocycles. The lowest BCUT2D eigenvalue weighted by Gasteiger charge is -2.05. The van der Waals surface area contributed by atoms with Crippen LogP contribution in [0.1, 0.15) is 10.5 Å². The first kappa shape index (κ1) is 13.8. The second kappa shape index (κ2) is 5.54. The average Bonchev–Trinajstić information content (AvgIpc) is 2.39. The minimum absolute atomic E-state index is 0.0531. The third-order valence-corrected chi connectivity index (χ3v) is 2.61. The summed E-state index contributed by atoms with van der Waals surface area (Å²) in [5.74, 6) is -0.569. The Morgan fingerprint density at radius 2 is 2.00 bits per heavy atom. The zero-order valence-electron chi connectivity index (χ0n) is 9.82. The number of nitro groups is 1. The van der Waals surface area contributed by atoms with Gasteiger partial charge in [0, 0.05) is 12.1 Å². The molecule has 0 aliphatic carbocycles. The van der Waals surface area contributed by atoms with Crippen molar-refractivity contribution in [2.75, 3.05) is 0 Å². The molecule has 102 valence electrons. The molecule has 2 rings (SSSR count). The van der Waals surface area contributed by atoms with Crippen molar-refractivity contribution in [1.29, 1.82) is 0 Å². The van der Waals surface area contributed by atoms with E-state index in [1.165, 1.54) is 36.5 Å². The van der Waals surface area contributed by atoms with Crippen LogP contribution in [0.2, 0.25) is 5.02 Å². The molecule has 0 atom stereocenters. The van der Waals surface area contributed by atoms with Gasteiger partial charge in [0.1, 0.15) is 22.2 Å². The van der Waals surface area contributed by atoms with Crippen molar-refractivity contribution in [2.45, 2.75) is 0 Å². The van der Waals surface area contributed by atoms with Crippen LogP contribution in [-0.2, 0) is 0 Å². The maximum atomic E-state index is 10.6. The first-order valence-electron chi connectivity index (χ1n) is 5.28. The number of hydrogen-bond donors (Lipinski definition) is 1. The highest BCUT2D eigenvalue weighted by Gasteiger charge is 2.13. The third-order valence-electron chi connectivity index (χ3n) is 2.31. The number of aromatic nitrogens is 1. The Bertz CT molecular complexity index is 672. The molecule has 1 N–H and O–H groups in total. The summed E-state index contributed by atoms with van der Waals surface area (Å²) in [6.45, 7) is 0. The second-order valence-electron chi connectivity index (χ2n) is 3.66. The number of carbonyl (C=O) groups is 1. The van der Waals surface area contributed by atoms with E-state index in [-0.39, 0.29) is 22.2 Å². The zero-order valence-corrected chi connectivity index (χ0v) is 10.6. The second-order valence-corrected chi connectivity index (χ2v) is 4.06. The standard InChI is InChI=1S/C12H7ClN2O5/c13-9-5-7(2-4-11(9)15(18)19)20-8-1-3-10(12(16)17)14-6-8/h1-6H,(H,16,17). The fourth-order valence-electron chi connectivity index (χ4n) is 1.40. The maximum absolute atomic E-state index is 10.6. The summed E-state index contributed by atoms with van der Waals surface area (Å²) in [6.07, 6.45) is 1.23. The van der Waals surface area contributed by atoms with Crippen molar-refractivity contribution in [3.8, 4) is 11.5 Å². The quantitative estimate of drug-likeness (QED) is 0.686. The molecule has 7 nitrogen and oxygen atoms in total. The highest BCUT2D eigenvalue weighted by Crippen LogP contribution is 2.30. The van der Waals surface area contributed by atoms with Crippen molar-refractivity contribution in [3.63, 3.8) is 0 Å². The van der Waals surface area contributed by atoms with Gasteiger partial charge in [-0.15, -0.1) is 0 Å². The number of nitro benzene ring substituents is 1. The number of nitrogens with zero attached hydrogens (tertiary/aromatic N) is 2. The summed E-state index contributed by atoms with van der Waals surface area (Å²) in [5.41, 5.74) is -0.336. The number of hydrogen-bond acceptors (Lipinski definition) is 5. The summed E-state index contributed by atoms with van der Waals surface area (Å²) >= 11 is 5.74. The van der Waals surface area contributed by atoms with E-state index in [0.29, 0.717) is 5.75 Å². The monoisotopic (exact) mass is 294 g/mol. The van der Waals surface area contributed by atoms with Crippen molar-refractivity contribution < 1.29 is 19.6 Å². The van der Waals surface area contributed by atoms with Crippen molar-refractivity contribution in [3.05, 3.63) is 57.4 Å². The molecular weight excluding hydrogens is 288 g/mol. The Kier molecular flexibility index (Phi) is 3.81. The fraction of sp³-hybridized carbons (Fsp3) is 0. The SMILES string of the molecule is O=C(O)c1ccc(Oc2ccc([N+](=O)[O-])c(Cl)c2)cn1. The number of rotatable bonds is 4. The van der Waals surface area contributed by atoms with Gasteiger partial charge in [-0.1, -0.05) is 11.6 Å². The largest absolute Gasteiger partial charge is 0.477 e. The summed E-state index contributed by atoms with van der Waals surface area (Å²) in [6, 6.07) is 6.60. The van der Waals surface area contributed by atoms with Gasteiger partial charge in [-0.3, -0.25) is 10.1 Å². The molecule has 0 fully saturated rings. The number of ether oxygens (including phenoxy) is 1. The molecule has 2 aromatic rings. The van der Waals surface area contributed by atoms with Crippen LogP contribution in [0.4, 0.5) is 5.69 Å². The first-order valence-corrected chi connectivity index (χ1v) is 5.66. The van der Waals surface area contributed by atoms with Crippen LogP contribution in [0.15, 0.2) is 36.5 Å². The summed E-state index contributed by atoms with van der Waals surface area (Å²) in [7, 11) is 0. The molecule has 0 bridgehead atoms. The number of halogens is 1. The molecule has 8 heteroatoms. The molecule has 0 saturated heterocycles. The molecule has 0 aliphatic heterocycles. The molecule has 0 spiro atoms. The Balaban J connectivity index is 2.19. The van der Waals surface area contributed by atoms with E-state index >= 15 is 0 Å². The van der Waals surface area contributed by atoms with E-state index in [2.05, 4.69) is 4.98 Å². The van der Waals surface area contributed by atoms with Crippen LogP contribution in [0.25, 0.3) is 0 Å². The molecule has 20 heavy (non-hydrogen) atoms. The molecule has 1 aromatic heterocycles. The minimum Gasteiger partial charge on any atom is -0.477 e. The fourth-order valence-corrected chi connectivity index (χ4v) is 1.64. The minimum atomic E-state index is -1.14. The highest BCUT2D eigenvalue weighted by atomic mass is 35.5. The van der Waals surface area contributed by atoms with Crippen LogP contribution in [0.3, 0.4) is 0 Å². The molecular formula is C12H7ClN2O5. The van der Waals surface area contributed by atoms with Crippen LogP contribution >= 0.6 is 11.6 Å². The van der Waals surface area contributed by atoms with Crippen LogP contribution < -0.4 is 4.74 Å². The van der Waals surface area contributed by atoms with Gasteiger partial charge in [0.15, 0.2) is 0 Å². The van der Waals surface area contributed by atoms with Crippen molar-refractivity contribution in [2.24, 2.45) is 0 Å². The lowest BCUT2D eigenvalue weighted by Crippen LogP contribution is -1.99. The summed E-state index contributed by atoms with van der Waals surface area (Å²) in [5, 5.41) is 19.3. The van der Waals surface area contributed by atoms with Crippen molar-refractivity contribution in [1.82, 2.24) is 4.98 Å².